The predicted molar refractivity (Wildman–Crippen MR) is 67.2 cm³/mol. The van der Waals surface area contributed by atoms with Crippen molar-refractivity contribution in [3.8, 4) is 0 Å². The minimum atomic E-state index is -3.23. The molecule has 0 bridgehead atoms. The van der Waals surface area contributed by atoms with Crippen LogP contribution in [-0.2, 0) is 23.5 Å². The van der Waals surface area contributed by atoms with E-state index in [9.17, 15) is 8.42 Å². The van der Waals surface area contributed by atoms with Gasteiger partial charge in [-0.15, -0.1) is 0 Å². The van der Waals surface area contributed by atoms with E-state index in [2.05, 4.69) is 15.1 Å². The molecule has 0 saturated carbocycles. The van der Waals surface area contributed by atoms with Gasteiger partial charge in [-0.1, -0.05) is 0 Å². The Morgan fingerprint density at radius 1 is 1.53 bits per heavy atom. The second-order valence-electron chi connectivity index (χ2n) is 4.04. The lowest BCUT2D eigenvalue weighted by atomic mass is 10.3. The molecule has 2 N–H and O–H groups in total. The van der Waals surface area contributed by atoms with Crippen LogP contribution in [0.4, 0.5) is 0 Å². The van der Waals surface area contributed by atoms with Crippen molar-refractivity contribution in [1.82, 2.24) is 19.8 Å². The van der Waals surface area contributed by atoms with Crippen LogP contribution in [0.25, 0.3) is 0 Å². The molecular formula is C10H20N4O2S. The summed E-state index contributed by atoms with van der Waals surface area (Å²) >= 11 is 0. The van der Waals surface area contributed by atoms with Gasteiger partial charge in [0.2, 0.25) is 10.0 Å². The van der Waals surface area contributed by atoms with Gasteiger partial charge in [-0.3, -0.25) is 4.68 Å². The molecule has 7 heteroatoms. The van der Waals surface area contributed by atoms with Crippen LogP contribution in [0.2, 0.25) is 0 Å². The number of hydrogen-bond acceptors (Lipinski definition) is 4. The Bertz CT molecular complexity index is 441. The Hall–Kier alpha value is -0.920. The Balaban J connectivity index is 2.40. The van der Waals surface area contributed by atoms with Crippen LogP contribution in [0.1, 0.15) is 12.6 Å². The first-order valence-electron chi connectivity index (χ1n) is 5.57. The van der Waals surface area contributed by atoms with Crippen molar-refractivity contribution in [1.29, 1.82) is 0 Å². The number of nitrogens with one attached hydrogen (secondary N) is 2. The summed E-state index contributed by atoms with van der Waals surface area (Å²) in [7, 11) is 0.339. The minimum absolute atomic E-state index is 0.382. The molecule has 0 amide bonds. The maximum absolute atomic E-state index is 11.7. The third kappa shape index (κ3) is 4.45. The van der Waals surface area contributed by atoms with Crippen LogP contribution < -0.4 is 10.0 Å². The second-order valence-corrected chi connectivity index (χ2v) is 6.22. The number of rotatable bonds is 7. The average molecular weight is 260 g/mol. The fourth-order valence-electron chi connectivity index (χ4n) is 1.46. The van der Waals surface area contributed by atoms with Gasteiger partial charge < -0.3 is 5.32 Å². The summed E-state index contributed by atoms with van der Waals surface area (Å²) in [5.74, 6) is 0. The molecule has 1 atom stereocenters. The fourth-order valence-corrected chi connectivity index (χ4v) is 2.51. The summed E-state index contributed by atoms with van der Waals surface area (Å²) in [5, 5.41) is 6.60. The molecule has 0 radical (unpaired) electrons. The highest BCUT2D eigenvalue weighted by molar-refractivity contribution is 7.90. The van der Waals surface area contributed by atoms with Crippen molar-refractivity contribution in [2.45, 2.75) is 18.6 Å². The topological polar surface area (TPSA) is 76.0 Å². The van der Waals surface area contributed by atoms with Crippen LogP contribution in [0.5, 0.6) is 0 Å². The molecule has 1 rings (SSSR count). The van der Waals surface area contributed by atoms with E-state index < -0.39 is 15.3 Å². The quantitative estimate of drug-likeness (QED) is 0.692. The lowest BCUT2D eigenvalue weighted by molar-refractivity contribution is 0.563. The standard InChI is InChI=1S/C10H20N4O2S/c1-9(8-11-2)17(15,16)12-6-4-10-5-7-14(3)13-10/h5,7,9,11-12H,4,6,8H2,1-3H3. The van der Waals surface area contributed by atoms with Crippen LogP contribution in [0, 0.1) is 0 Å². The van der Waals surface area contributed by atoms with E-state index in [1.165, 1.54) is 0 Å². The molecule has 0 aliphatic carbocycles. The summed E-state index contributed by atoms with van der Waals surface area (Å²) in [4.78, 5) is 0. The zero-order valence-electron chi connectivity index (χ0n) is 10.5. The zero-order valence-corrected chi connectivity index (χ0v) is 11.3. The van der Waals surface area contributed by atoms with Gasteiger partial charge in [-0.05, 0) is 20.0 Å². The molecule has 0 spiro atoms. The van der Waals surface area contributed by atoms with Crippen molar-refractivity contribution in [2.24, 2.45) is 7.05 Å². The molecule has 1 unspecified atom stereocenters. The SMILES string of the molecule is CNCC(C)S(=O)(=O)NCCc1ccn(C)n1. The lowest BCUT2D eigenvalue weighted by Gasteiger charge is -2.12. The Morgan fingerprint density at radius 3 is 2.76 bits per heavy atom. The van der Waals surface area contributed by atoms with E-state index in [0.717, 1.165) is 5.69 Å². The molecule has 6 nitrogen and oxygen atoms in total. The first-order chi connectivity index (χ1) is 7.95. The average Bonchev–Trinajstić information content (AvgIpc) is 2.64. The first-order valence-corrected chi connectivity index (χ1v) is 7.12. The lowest BCUT2D eigenvalue weighted by Crippen LogP contribution is -2.38. The van der Waals surface area contributed by atoms with E-state index in [1.807, 2.05) is 19.3 Å². The molecule has 0 fully saturated rings. The smallest absolute Gasteiger partial charge is 0.215 e. The van der Waals surface area contributed by atoms with Crippen molar-refractivity contribution >= 4 is 10.0 Å². The fraction of sp³-hybridized carbons (Fsp3) is 0.700. The Labute approximate surface area is 102 Å². The number of aromatic nitrogens is 2. The highest BCUT2D eigenvalue weighted by Gasteiger charge is 2.18. The summed E-state index contributed by atoms with van der Waals surface area (Å²) in [5.41, 5.74) is 0.886. The van der Waals surface area contributed by atoms with Crippen molar-refractivity contribution in [2.75, 3.05) is 20.1 Å². The summed E-state index contributed by atoms with van der Waals surface area (Å²) < 4.78 is 27.8. The molecule has 1 heterocycles. The number of sulfonamides is 1. The summed E-state index contributed by atoms with van der Waals surface area (Å²) in [6, 6.07) is 1.88. The van der Waals surface area contributed by atoms with Gasteiger partial charge in [0.15, 0.2) is 0 Å². The molecular weight excluding hydrogens is 240 g/mol. The maximum atomic E-state index is 11.7. The highest BCUT2D eigenvalue weighted by Crippen LogP contribution is 1.98. The van der Waals surface area contributed by atoms with Gasteiger partial charge in [0.05, 0.1) is 10.9 Å². The Kier molecular flexibility index (Phi) is 5.10. The van der Waals surface area contributed by atoms with Crippen molar-refractivity contribution in [3.05, 3.63) is 18.0 Å². The van der Waals surface area contributed by atoms with E-state index in [4.69, 9.17) is 0 Å². The molecule has 0 aliphatic rings. The zero-order chi connectivity index (χ0) is 12.9. The van der Waals surface area contributed by atoms with Gasteiger partial charge in [0.25, 0.3) is 0 Å². The second kappa shape index (κ2) is 6.13. The molecule has 0 aliphatic heterocycles. The van der Waals surface area contributed by atoms with Gasteiger partial charge >= 0.3 is 0 Å². The largest absolute Gasteiger partial charge is 0.318 e. The van der Waals surface area contributed by atoms with E-state index in [-0.39, 0.29) is 0 Å². The van der Waals surface area contributed by atoms with Crippen molar-refractivity contribution in [3.63, 3.8) is 0 Å². The normalized spacial score (nSPS) is 13.8. The van der Waals surface area contributed by atoms with Crippen molar-refractivity contribution < 1.29 is 8.42 Å². The van der Waals surface area contributed by atoms with Crippen LogP contribution >= 0.6 is 0 Å². The summed E-state index contributed by atoms with van der Waals surface area (Å²) in [6.07, 6.45) is 2.44. The van der Waals surface area contributed by atoms with E-state index >= 15 is 0 Å². The molecule has 1 aromatic rings. The van der Waals surface area contributed by atoms with Crippen LogP contribution in [0.15, 0.2) is 12.3 Å². The first kappa shape index (κ1) is 14.1. The molecule has 98 valence electrons. The van der Waals surface area contributed by atoms with Gasteiger partial charge in [-0.25, -0.2) is 13.1 Å². The number of hydrogen-bond donors (Lipinski definition) is 2. The van der Waals surface area contributed by atoms with Gasteiger partial charge in [0.1, 0.15) is 0 Å². The molecule has 0 saturated heterocycles. The monoisotopic (exact) mass is 260 g/mol. The maximum Gasteiger partial charge on any atom is 0.215 e. The molecule has 1 aromatic heterocycles. The third-order valence-electron chi connectivity index (χ3n) is 2.47. The third-order valence-corrected chi connectivity index (χ3v) is 4.31. The minimum Gasteiger partial charge on any atom is -0.318 e. The summed E-state index contributed by atoms with van der Waals surface area (Å²) in [6.45, 7) is 2.51. The Morgan fingerprint density at radius 2 is 2.24 bits per heavy atom. The molecule has 0 aromatic carbocycles. The molecule has 17 heavy (non-hydrogen) atoms. The van der Waals surface area contributed by atoms with Gasteiger partial charge in [-0.2, -0.15) is 5.10 Å². The van der Waals surface area contributed by atoms with E-state index in [0.29, 0.717) is 19.5 Å². The predicted octanol–water partition coefficient (Wildman–Crippen LogP) is -0.510. The number of nitrogens with zero attached hydrogens (tertiary/aromatic N) is 2. The van der Waals surface area contributed by atoms with Crippen LogP contribution in [-0.4, -0.2) is 43.6 Å². The number of aryl methyl sites for hydroxylation is 1. The highest BCUT2D eigenvalue weighted by atomic mass is 32.2. The van der Waals surface area contributed by atoms with Gasteiger partial charge in [0, 0.05) is 32.8 Å². The van der Waals surface area contributed by atoms with Crippen LogP contribution in [0.3, 0.4) is 0 Å². The van der Waals surface area contributed by atoms with E-state index in [1.54, 1.807) is 18.7 Å².